The first-order valence-electron chi connectivity index (χ1n) is 7.41. The van der Waals surface area contributed by atoms with Gasteiger partial charge in [0.1, 0.15) is 5.78 Å². The number of rotatable bonds is 6. The molecule has 1 unspecified atom stereocenters. The first-order valence-corrected chi connectivity index (χ1v) is 7.41. The van der Waals surface area contributed by atoms with Gasteiger partial charge in [-0.3, -0.25) is 9.59 Å². The van der Waals surface area contributed by atoms with E-state index in [4.69, 9.17) is 0 Å². The van der Waals surface area contributed by atoms with Crippen molar-refractivity contribution in [2.75, 3.05) is 0 Å². The number of ketones is 2. The molecule has 0 saturated heterocycles. The number of aryl methyl sites for hydroxylation is 1. The molecule has 0 spiro atoms. The van der Waals surface area contributed by atoms with E-state index >= 15 is 0 Å². The second-order valence-electron chi connectivity index (χ2n) is 5.44. The summed E-state index contributed by atoms with van der Waals surface area (Å²) in [5, 5.41) is 0. The average Bonchev–Trinajstić information content (AvgIpc) is 2.53. The lowest BCUT2D eigenvalue weighted by Gasteiger charge is -2.10. The lowest BCUT2D eigenvalue weighted by molar-refractivity contribution is -0.119. The molecule has 0 aliphatic heterocycles. The van der Waals surface area contributed by atoms with Crippen LogP contribution in [-0.2, 0) is 4.79 Å². The maximum atomic E-state index is 12.4. The zero-order valence-electron chi connectivity index (χ0n) is 13.0. The van der Waals surface area contributed by atoms with Crippen LogP contribution >= 0.6 is 0 Å². The van der Waals surface area contributed by atoms with Crippen LogP contribution in [0.5, 0.6) is 0 Å². The highest BCUT2D eigenvalue weighted by Crippen LogP contribution is 2.16. The summed E-state index contributed by atoms with van der Waals surface area (Å²) in [5.41, 5.74) is 2.87. The molecule has 0 heterocycles. The van der Waals surface area contributed by atoms with Crippen molar-refractivity contribution in [3.63, 3.8) is 0 Å². The van der Waals surface area contributed by atoms with Gasteiger partial charge in [-0.1, -0.05) is 72.3 Å². The Kier molecular flexibility index (Phi) is 5.42. The summed E-state index contributed by atoms with van der Waals surface area (Å²) in [4.78, 5) is 24.2. The fourth-order valence-electron chi connectivity index (χ4n) is 2.28. The zero-order chi connectivity index (χ0) is 15.9. The largest absolute Gasteiger partial charge is 0.299 e. The van der Waals surface area contributed by atoms with Crippen LogP contribution in [0, 0.1) is 12.8 Å². The third-order valence-corrected chi connectivity index (χ3v) is 3.62. The van der Waals surface area contributed by atoms with Gasteiger partial charge in [-0.25, -0.2) is 0 Å². The van der Waals surface area contributed by atoms with Crippen LogP contribution in [0.1, 0.15) is 34.8 Å². The lowest BCUT2D eigenvalue weighted by atomic mass is 9.91. The minimum atomic E-state index is -0.607. The van der Waals surface area contributed by atoms with Gasteiger partial charge in [-0.2, -0.15) is 0 Å². The van der Waals surface area contributed by atoms with E-state index in [-0.39, 0.29) is 11.6 Å². The summed E-state index contributed by atoms with van der Waals surface area (Å²) >= 11 is 0. The molecule has 0 aromatic heterocycles. The van der Waals surface area contributed by atoms with Crippen LogP contribution < -0.4 is 0 Å². The molecule has 0 aliphatic rings. The van der Waals surface area contributed by atoms with Crippen LogP contribution in [0.2, 0.25) is 0 Å². The van der Waals surface area contributed by atoms with Crippen molar-refractivity contribution in [3.8, 4) is 0 Å². The van der Waals surface area contributed by atoms with Crippen LogP contribution in [0.3, 0.4) is 0 Å². The second kappa shape index (κ2) is 7.51. The normalized spacial score (nSPS) is 12.3. The van der Waals surface area contributed by atoms with E-state index in [0.717, 1.165) is 5.56 Å². The number of carbonyl (C=O) groups excluding carboxylic acids is 2. The molecule has 2 heteroatoms. The Morgan fingerprint density at radius 2 is 1.64 bits per heavy atom. The summed E-state index contributed by atoms with van der Waals surface area (Å²) in [6, 6.07) is 17.1. The quantitative estimate of drug-likeness (QED) is 0.581. The van der Waals surface area contributed by atoms with Crippen LogP contribution in [-0.4, -0.2) is 11.6 Å². The van der Waals surface area contributed by atoms with Crippen molar-refractivity contribution in [1.82, 2.24) is 0 Å². The summed E-state index contributed by atoms with van der Waals surface area (Å²) < 4.78 is 0. The molecule has 0 N–H and O–H groups in total. The van der Waals surface area contributed by atoms with Gasteiger partial charge >= 0.3 is 0 Å². The molecule has 112 valence electrons. The van der Waals surface area contributed by atoms with E-state index in [2.05, 4.69) is 0 Å². The molecule has 0 saturated carbocycles. The van der Waals surface area contributed by atoms with Gasteiger partial charge in [0, 0.05) is 5.56 Å². The summed E-state index contributed by atoms with van der Waals surface area (Å²) in [7, 11) is 0. The van der Waals surface area contributed by atoms with Crippen LogP contribution in [0.15, 0.2) is 60.7 Å². The van der Waals surface area contributed by atoms with Gasteiger partial charge in [0.25, 0.3) is 0 Å². The molecule has 0 radical (unpaired) electrons. The first kappa shape index (κ1) is 15.9. The van der Waals surface area contributed by atoms with Gasteiger partial charge in [0.05, 0.1) is 5.92 Å². The van der Waals surface area contributed by atoms with Gasteiger partial charge in [0.15, 0.2) is 5.78 Å². The van der Waals surface area contributed by atoms with Gasteiger partial charge < -0.3 is 0 Å². The number of Topliss-reactive ketones (excluding diaryl/α,β-unsaturated/α-hetero) is 2. The predicted molar refractivity (Wildman–Crippen MR) is 89.8 cm³/mol. The monoisotopic (exact) mass is 292 g/mol. The molecule has 0 bridgehead atoms. The maximum Gasteiger partial charge on any atom is 0.173 e. The highest BCUT2D eigenvalue weighted by atomic mass is 16.1. The van der Waals surface area contributed by atoms with Crippen molar-refractivity contribution in [1.29, 1.82) is 0 Å². The number of hydrogen-bond acceptors (Lipinski definition) is 2. The Morgan fingerprint density at radius 3 is 2.23 bits per heavy atom. The Hall–Kier alpha value is -2.48. The highest BCUT2D eigenvalue weighted by Gasteiger charge is 2.22. The molecule has 2 aromatic rings. The molecule has 2 nitrogen and oxygen atoms in total. The Labute approximate surface area is 131 Å². The minimum Gasteiger partial charge on any atom is -0.299 e. The molecule has 2 aromatic carbocycles. The van der Waals surface area contributed by atoms with E-state index < -0.39 is 5.92 Å². The van der Waals surface area contributed by atoms with Crippen molar-refractivity contribution in [2.45, 2.75) is 20.3 Å². The predicted octanol–water partition coefficient (Wildman–Crippen LogP) is 4.49. The number of hydrogen-bond donors (Lipinski definition) is 0. The van der Waals surface area contributed by atoms with Crippen molar-refractivity contribution < 1.29 is 9.59 Å². The van der Waals surface area contributed by atoms with E-state index in [0.29, 0.717) is 12.0 Å². The topological polar surface area (TPSA) is 34.1 Å². The number of allylic oxidation sites excluding steroid dienone is 1. The fraction of sp³-hybridized carbons (Fsp3) is 0.200. The highest BCUT2D eigenvalue weighted by molar-refractivity contribution is 6.10. The first-order chi connectivity index (χ1) is 10.6. The van der Waals surface area contributed by atoms with Gasteiger partial charge in [-0.15, -0.1) is 0 Å². The third-order valence-electron chi connectivity index (χ3n) is 3.62. The molecule has 0 aliphatic carbocycles. The molecule has 1 atom stereocenters. The van der Waals surface area contributed by atoms with Crippen LogP contribution in [0.4, 0.5) is 0 Å². The van der Waals surface area contributed by atoms with Gasteiger partial charge in [0.2, 0.25) is 0 Å². The van der Waals surface area contributed by atoms with Crippen molar-refractivity contribution in [2.24, 2.45) is 5.92 Å². The standard InChI is InChI=1S/C20H20O2/c1-15-11-13-17(14-12-15)7-6-10-19(16(2)21)20(22)18-8-4-3-5-9-18/h3-9,11-14,19H,10H2,1-2H3/b7-6+. The summed E-state index contributed by atoms with van der Waals surface area (Å²) in [5.74, 6) is -0.812. The van der Waals surface area contributed by atoms with E-state index in [1.807, 2.05) is 61.5 Å². The summed E-state index contributed by atoms with van der Waals surface area (Å²) in [6.45, 7) is 3.52. The molecule has 2 rings (SSSR count). The summed E-state index contributed by atoms with van der Waals surface area (Å²) in [6.07, 6.45) is 4.28. The second-order valence-corrected chi connectivity index (χ2v) is 5.44. The lowest BCUT2D eigenvalue weighted by Crippen LogP contribution is -2.21. The number of benzene rings is 2. The zero-order valence-corrected chi connectivity index (χ0v) is 13.0. The number of carbonyl (C=O) groups is 2. The van der Waals surface area contributed by atoms with E-state index in [9.17, 15) is 9.59 Å². The molecular formula is C20H20O2. The Morgan fingerprint density at radius 1 is 1.00 bits per heavy atom. The smallest absolute Gasteiger partial charge is 0.173 e. The molecule has 0 amide bonds. The minimum absolute atomic E-state index is 0.0950. The molecule has 22 heavy (non-hydrogen) atoms. The Bertz CT molecular complexity index is 667. The third kappa shape index (κ3) is 4.26. The van der Waals surface area contributed by atoms with E-state index in [1.165, 1.54) is 12.5 Å². The SMILES string of the molecule is CC(=O)C(C/C=C/c1ccc(C)cc1)C(=O)c1ccccc1. The molecule has 0 fully saturated rings. The van der Waals surface area contributed by atoms with Crippen LogP contribution in [0.25, 0.3) is 6.08 Å². The van der Waals surface area contributed by atoms with Crippen molar-refractivity contribution in [3.05, 3.63) is 77.4 Å². The van der Waals surface area contributed by atoms with E-state index in [1.54, 1.807) is 12.1 Å². The maximum absolute atomic E-state index is 12.4. The average molecular weight is 292 g/mol. The van der Waals surface area contributed by atoms with Gasteiger partial charge in [-0.05, 0) is 25.8 Å². The fourth-order valence-corrected chi connectivity index (χ4v) is 2.28. The Balaban J connectivity index is 2.08. The molecular weight excluding hydrogens is 272 g/mol. The van der Waals surface area contributed by atoms with Crippen molar-refractivity contribution >= 4 is 17.6 Å².